The summed E-state index contributed by atoms with van der Waals surface area (Å²) in [5, 5.41) is 0. The first-order chi connectivity index (χ1) is 9.41. The Labute approximate surface area is 127 Å². The van der Waals surface area contributed by atoms with Crippen LogP contribution in [-0.4, -0.2) is 0 Å². The van der Waals surface area contributed by atoms with Crippen molar-refractivity contribution in [3.8, 4) is 0 Å². The third-order valence-electron chi connectivity index (χ3n) is 3.35. The van der Waals surface area contributed by atoms with Crippen LogP contribution in [0.25, 0.3) is 0 Å². The predicted octanol–water partition coefficient (Wildman–Crippen LogP) is 7.15. The van der Waals surface area contributed by atoms with Gasteiger partial charge in [-0.2, -0.15) is 0 Å². The average molecular weight is 274 g/mol. The molecule has 0 amide bonds. The van der Waals surface area contributed by atoms with Crippen LogP contribution in [0.1, 0.15) is 80.1 Å². The van der Waals surface area contributed by atoms with Gasteiger partial charge in [0.15, 0.2) is 0 Å². The molecule has 0 nitrogen and oxygen atoms in total. The molecule has 0 heterocycles. The minimum atomic E-state index is 1.09. The van der Waals surface area contributed by atoms with Crippen LogP contribution in [0.4, 0.5) is 0 Å². The molecule has 0 aromatic rings. The van der Waals surface area contributed by atoms with Crippen molar-refractivity contribution >= 4 is 0 Å². The van der Waals surface area contributed by atoms with Crippen molar-refractivity contribution in [1.82, 2.24) is 0 Å². The Morgan fingerprint density at radius 2 is 1.10 bits per heavy atom. The lowest BCUT2D eigenvalue weighted by atomic mass is 10.1. The van der Waals surface area contributed by atoms with E-state index >= 15 is 0 Å². The van der Waals surface area contributed by atoms with Gasteiger partial charge in [0.2, 0.25) is 0 Å². The molecule has 0 aromatic heterocycles. The highest BCUT2D eigenvalue weighted by atomic mass is 14.0. The van der Waals surface area contributed by atoms with Crippen LogP contribution in [0, 0.1) is 0 Å². The van der Waals surface area contributed by atoms with Crippen LogP contribution in [-0.2, 0) is 0 Å². The lowest BCUT2D eigenvalue weighted by Gasteiger charge is -2.01. The number of hydrogen-bond donors (Lipinski definition) is 0. The van der Waals surface area contributed by atoms with Crippen LogP contribution in [0.15, 0.2) is 46.6 Å². The van der Waals surface area contributed by atoms with E-state index in [2.05, 4.69) is 65.8 Å². The summed E-state index contributed by atoms with van der Waals surface area (Å²) in [7, 11) is 0. The van der Waals surface area contributed by atoms with Crippen molar-refractivity contribution in [3.05, 3.63) is 46.6 Å². The number of rotatable bonds is 9. The highest BCUT2D eigenvalue weighted by Crippen LogP contribution is 2.11. The van der Waals surface area contributed by atoms with Gasteiger partial charge in [-0.05, 0) is 80.1 Å². The van der Waals surface area contributed by atoms with Crippen molar-refractivity contribution in [3.63, 3.8) is 0 Å². The van der Waals surface area contributed by atoms with Gasteiger partial charge >= 0.3 is 0 Å². The molecule has 0 atom stereocenters. The normalized spacial score (nSPS) is 12.3. The van der Waals surface area contributed by atoms with E-state index in [1.54, 1.807) is 0 Å². The first-order valence-corrected chi connectivity index (χ1v) is 7.99. The van der Waals surface area contributed by atoms with E-state index in [1.165, 1.54) is 54.4 Å². The fourth-order valence-electron chi connectivity index (χ4n) is 2.03. The lowest BCUT2D eigenvalue weighted by molar-refractivity contribution is 0.824. The zero-order valence-electron chi connectivity index (χ0n) is 14.6. The molecule has 0 saturated carbocycles. The maximum atomic E-state index is 2.38. The summed E-state index contributed by atoms with van der Waals surface area (Å²) >= 11 is 0. The Balaban J connectivity index is 3.90. The summed E-state index contributed by atoms with van der Waals surface area (Å²) in [6.45, 7) is 13.2. The van der Waals surface area contributed by atoms with E-state index in [0.29, 0.717) is 0 Å². The molecule has 114 valence electrons. The zero-order valence-corrected chi connectivity index (χ0v) is 14.6. The second kappa shape index (κ2) is 11.8. The van der Waals surface area contributed by atoms with Gasteiger partial charge in [0.25, 0.3) is 0 Å². The second-order valence-corrected chi connectivity index (χ2v) is 6.33. The molecule has 0 aliphatic heterocycles. The first-order valence-electron chi connectivity index (χ1n) is 7.99. The maximum absolute atomic E-state index is 2.38. The largest absolute Gasteiger partial charge is 0.0859 e. The molecule has 0 radical (unpaired) electrons. The van der Waals surface area contributed by atoms with Crippen LogP contribution in [0.3, 0.4) is 0 Å². The molecule has 0 rings (SSSR count). The third kappa shape index (κ3) is 13.4. The topological polar surface area (TPSA) is 0 Å². The van der Waals surface area contributed by atoms with Crippen molar-refractivity contribution in [1.29, 1.82) is 0 Å². The molecular formula is C20H34. The average Bonchev–Trinajstić information content (AvgIpc) is 2.34. The maximum Gasteiger partial charge on any atom is -0.0164 e. The predicted molar refractivity (Wildman–Crippen MR) is 94.1 cm³/mol. The molecule has 0 aliphatic carbocycles. The van der Waals surface area contributed by atoms with Crippen LogP contribution < -0.4 is 0 Å². The number of allylic oxidation sites excluding steroid dienone is 8. The Hall–Kier alpha value is -1.04. The molecule has 0 aliphatic rings. The Bertz CT molecular complexity index is 367. The van der Waals surface area contributed by atoms with Gasteiger partial charge in [0, 0.05) is 0 Å². The molecule has 0 N–H and O–H groups in total. The monoisotopic (exact) mass is 274 g/mol. The Morgan fingerprint density at radius 3 is 1.65 bits per heavy atom. The van der Waals surface area contributed by atoms with E-state index < -0.39 is 0 Å². The fraction of sp³-hybridized carbons (Fsp3) is 0.600. The molecule has 0 unspecified atom stereocenters. The van der Waals surface area contributed by atoms with Gasteiger partial charge in [-0.25, -0.2) is 0 Å². The standard InChI is InChI=1S/C20H34/c1-17(2)11-7-8-13-19(5)15-10-16-20(6)14-9-12-18(3)4/h11-12,15-16H,7-10,13-14H2,1-6H3. The van der Waals surface area contributed by atoms with Crippen LogP contribution >= 0.6 is 0 Å². The van der Waals surface area contributed by atoms with Gasteiger partial charge in [-0.3, -0.25) is 0 Å². The molecule has 0 saturated heterocycles. The SMILES string of the molecule is CC(C)=CCCCC(C)=CCC=C(C)CCC=C(C)C. The van der Waals surface area contributed by atoms with E-state index in [0.717, 1.165) is 6.42 Å². The van der Waals surface area contributed by atoms with Gasteiger partial charge in [-0.1, -0.05) is 46.6 Å². The van der Waals surface area contributed by atoms with Crippen molar-refractivity contribution in [2.45, 2.75) is 80.1 Å². The van der Waals surface area contributed by atoms with Gasteiger partial charge in [0.1, 0.15) is 0 Å². The molecule has 0 fully saturated rings. The number of hydrogen-bond acceptors (Lipinski definition) is 0. The molecular weight excluding hydrogens is 240 g/mol. The van der Waals surface area contributed by atoms with Crippen molar-refractivity contribution in [2.24, 2.45) is 0 Å². The quantitative estimate of drug-likeness (QED) is 0.309. The van der Waals surface area contributed by atoms with E-state index in [1.807, 2.05) is 0 Å². The number of unbranched alkanes of at least 4 members (excludes halogenated alkanes) is 1. The highest BCUT2D eigenvalue weighted by molar-refractivity contribution is 5.08. The summed E-state index contributed by atoms with van der Waals surface area (Å²) < 4.78 is 0. The lowest BCUT2D eigenvalue weighted by Crippen LogP contribution is -1.80. The Kier molecular flexibility index (Phi) is 11.1. The fourth-order valence-corrected chi connectivity index (χ4v) is 2.03. The molecule has 0 aromatic carbocycles. The summed E-state index contributed by atoms with van der Waals surface area (Å²) in [6, 6.07) is 0. The molecule has 0 heteroatoms. The van der Waals surface area contributed by atoms with Gasteiger partial charge in [-0.15, -0.1) is 0 Å². The van der Waals surface area contributed by atoms with Crippen LogP contribution in [0.5, 0.6) is 0 Å². The van der Waals surface area contributed by atoms with Crippen LogP contribution in [0.2, 0.25) is 0 Å². The highest BCUT2D eigenvalue weighted by Gasteiger charge is 1.91. The molecule has 0 bridgehead atoms. The Morgan fingerprint density at radius 1 is 0.600 bits per heavy atom. The molecule has 20 heavy (non-hydrogen) atoms. The summed E-state index contributed by atoms with van der Waals surface area (Å²) in [6.07, 6.45) is 16.6. The van der Waals surface area contributed by atoms with Gasteiger partial charge in [0.05, 0.1) is 0 Å². The minimum Gasteiger partial charge on any atom is -0.0859 e. The van der Waals surface area contributed by atoms with E-state index in [9.17, 15) is 0 Å². The van der Waals surface area contributed by atoms with Gasteiger partial charge < -0.3 is 0 Å². The first kappa shape index (κ1) is 19.0. The van der Waals surface area contributed by atoms with Crippen molar-refractivity contribution in [2.75, 3.05) is 0 Å². The van der Waals surface area contributed by atoms with E-state index in [-0.39, 0.29) is 0 Å². The smallest absolute Gasteiger partial charge is 0.0164 e. The van der Waals surface area contributed by atoms with Crippen molar-refractivity contribution < 1.29 is 0 Å². The summed E-state index contributed by atoms with van der Waals surface area (Å²) in [5.41, 5.74) is 5.89. The van der Waals surface area contributed by atoms with E-state index in [4.69, 9.17) is 0 Å². The molecule has 0 spiro atoms. The second-order valence-electron chi connectivity index (χ2n) is 6.33. The minimum absolute atomic E-state index is 1.09. The summed E-state index contributed by atoms with van der Waals surface area (Å²) in [4.78, 5) is 0. The third-order valence-corrected chi connectivity index (χ3v) is 3.35. The zero-order chi connectivity index (χ0) is 15.4. The summed E-state index contributed by atoms with van der Waals surface area (Å²) in [5.74, 6) is 0.